The topological polar surface area (TPSA) is 141 Å². The molecule has 10 nitrogen and oxygen atoms in total. The third-order valence-corrected chi connectivity index (χ3v) is 4.09. The fourth-order valence-electron chi connectivity index (χ4n) is 2.76. The average Bonchev–Trinajstić information content (AvgIpc) is 3.33. The van der Waals surface area contributed by atoms with Crippen molar-refractivity contribution in [2.24, 2.45) is 5.11 Å². The summed E-state index contributed by atoms with van der Waals surface area (Å²) < 4.78 is 1.65. The van der Waals surface area contributed by atoms with E-state index in [0.29, 0.717) is 35.9 Å². The Morgan fingerprint density at radius 1 is 1.30 bits per heavy atom. The maximum absolute atomic E-state index is 9.02. The van der Waals surface area contributed by atoms with E-state index >= 15 is 0 Å². The van der Waals surface area contributed by atoms with E-state index in [2.05, 4.69) is 35.7 Å². The summed E-state index contributed by atoms with van der Waals surface area (Å²) in [6.45, 7) is 0.877. The summed E-state index contributed by atoms with van der Waals surface area (Å²) in [7, 11) is 0. The molecule has 0 atom stereocenters. The maximum atomic E-state index is 9.02. The Morgan fingerprint density at radius 3 is 3.07 bits per heavy atom. The van der Waals surface area contributed by atoms with Gasteiger partial charge in [-0.2, -0.15) is 15.3 Å². The van der Waals surface area contributed by atoms with Gasteiger partial charge in [0.15, 0.2) is 11.5 Å². The van der Waals surface area contributed by atoms with Gasteiger partial charge >= 0.3 is 0 Å². The molecule has 4 heterocycles. The van der Waals surface area contributed by atoms with Gasteiger partial charge in [-0.05, 0) is 24.3 Å². The summed E-state index contributed by atoms with van der Waals surface area (Å²) in [6.07, 6.45) is 5.20. The maximum Gasteiger partial charge on any atom is 0.181 e. The summed E-state index contributed by atoms with van der Waals surface area (Å²) in [6, 6.07) is 7.31. The van der Waals surface area contributed by atoms with Crippen molar-refractivity contribution in [3.8, 4) is 11.3 Å². The average molecular weight is 363 g/mol. The number of pyridine rings is 2. The van der Waals surface area contributed by atoms with E-state index < -0.39 is 0 Å². The first-order chi connectivity index (χ1) is 13.3. The first-order valence-corrected chi connectivity index (χ1v) is 8.32. The number of aliphatic hydroxyl groups is 1. The molecule has 10 heteroatoms. The van der Waals surface area contributed by atoms with Crippen LogP contribution < -0.4 is 5.32 Å². The highest BCUT2D eigenvalue weighted by Gasteiger charge is 2.11. The normalized spacial score (nSPS) is 11.0. The van der Waals surface area contributed by atoms with E-state index in [4.69, 9.17) is 10.6 Å². The van der Waals surface area contributed by atoms with Crippen LogP contribution in [-0.4, -0.2) is 41.7 Å². The molecule has 4 aromatic heterocycles. The van der Waals surface area contributed by atoms with E-state index in [0.717, 1.165) is 16.6 Å². The van der Waals surface area contributed by atoms with Crippen LogP contribution in [0.15, 0.2) is 48.0 Å². The molecule has 0 unspecified atom stereocenters. The Labute approximate surface area is 153 Å². The number of aromatic amines is 1. The molecule has 0 aliphatic heterocycles. The lowest BCUT2D eigenvalue weighted by Gasteiger charge is -2.08. The van der Waals surface area contributed by atoms with E-state index in [1.807, 2.05) is 18.3 Å². The lowest BCUT2D eigenvalue weighted by atomic mass is 10.2. The van der Waals surface area contributed by atoms with Crippen LogP contribution in [0.5, 0.6) is 0 Å². The number of nitrogens with zero attached hydrogens (tertiary/aromatic N) is 6. The zero-order chi connectivity index (χ0) is 18.6. The van der Waals surface area contributed by atoms with Crippen LogP contribution in [0, 0.1) is 5.53 Å². The highest BCUT2D eigenvalue weighted by atomic mass is 16.3. The lowest BCUT2D eigenvalue weighted by molar-refractivity contribution is 0.269. The minimum atomic E-state index is 0.0189. The third kappa shape index (κ3) is 3.37. The number of nitrogens with one attached hydrogen (secondary N) is 3. The Morgan fingerprint density at radius 2 is 2.22 bits per heavy atom. The Bertz CT molecular complexity index is 1080. The highest BCUT2D eigenvalue weighted by molar-refractivity contribution is 5.77. The van der Waals surface area contributed by atoms with Crippen molar-refractivity contribution in [2.45, 2.75) is 13.1 Å². The predicted molar refractivity (Wildman–Crippen MR) is 98.6 cm³/mol. The molecule has 0 saturated carbocycles. The molecule has 0 saturated heterocycles. The Hall–Kier alpha value is -3.66. The van der Waals surface area contributed by atoms with E-state index in [9.17, 15) is 0 Å². The Kier molecular flexibility index (Phi) is 4.54. The fraction of sp³-hybridized carbons (Fsp3) is 0.176. The van der Waals surface area contributed by atoms with Gasteiger partial charge in [-0.25, -0.2) is 15.5 Å². The summed E-state index contributed by atoms with van der Waals surface area (Å²) in [4.78, 5) is 8.78. The molecule has 0 fully saturated rings. The number of anilines is 1. The van der Waals surface area contributed by atoms with Crippen LogP contribution in [-0.2, 0) is 13.1 Å². The minimum absolute atomic E-state index is 0.0189. The van der Waals surface area contributed by atoms with Gasteiger partial charge in [0.05, 0.1) is 37.3 Å². The van der Waals surface area contributed by atoms with Crippen LogP contribution in [0.25, 0.3) is 22.3 Å². The third-order valence-electron chi connectivity index (χ3n) is 4.09. The van der Waals surface area contributed by atoms with Gasteiger partial charge in [-0.3, -0.25) is 9.78 Å². The quantitative estimate of drug-likeness (QED) is 0.372. The van der Waals surface area contributed by atoms with E-state index in [-0.39, 0.29) is 6.61 Å². The van der Waals surface area contributed by atoms with Gasteiger partial charge in [0.25, 0.3) is 0 Å². The monoisotopic (exact) mass is 363 g/mol. The highest BCUT2D eigenvalue weighted by Crippen LogP contribution is 2.28. The van der Waals surface area contributed by atoms with Crippen molar-refractivity contribution in [3.05, 3.63) is 48.5 Å². The molecule has 136 valence electrons. The molecule has 0 spiro atoms. The standard InChI is InChI=1S/C17H17N9O/c18-23-14-4-3-13(11-8-21-26(10-11)6-7-27)22-17(14)20-9-15-12-2-1-5-19-16(12)25-24-15/h1-5,8,10,18,27H,6-7,9H2,(H,20,22)(H,19,24,25). The van der Waals surface area contributed by atoms with Crippen molar-refractivity contribution in [1.82, 2.24) is 29.9 Å². The smallest absolute Gasteiger partial charge is 0.181 e. The zero-order valence-corrected chi connectivity index (χ0v) is 14.3. The van der Waals surface area contributed by atoms with Gasteiger partial charge in [-0.1, -0.05) is 0 Å². The number of rotatable bonds is 7. The number of aliphatic hydroxyl groups excluding tert-OH is 1. The molecule has 4 rings (SSSR count). The molecule has 0 amide bonds. The largest absolute Gasteiger partial charge is 0.394 e. The first kappa shape index (κ1) is 16.8. The molecule has 0 aromatic carbocycles. The van der Waals surface area contributed by atoms with Crippen molar-refractivity contribution < 1.29 is 5.11 Å². The van der Waals surface area contributed by atoms with Crippen LogP contribution in [0.3, 0.4) is 0 Å². The van der Waals surface area contributed by atoms with Gasteiger partial charge < -0.3 is 10.4 Å². The van der Waals surface area contributed by atoms with Crippen LogP contribution in [0.2, 0.25) is 0 Å². The van der Waals surface area contributed by atoms with Crippen LogP contribution in [0.1, 0.15) is 5.69 Å². The molecule has 4 N–H and O–H groups in total. The summed E-state index contributed by atoms with van der Waals surface area (Å²) in [5.41, 5.74) is 10.8. The molecule has 27 heavy (non-hydrogen) atoms. The van der Waals surface area contributed by atoms with E-state index in [1.54, 1.807) is 29.2 Å². The van der Waals surface area contributed by atoms with E-state index in [1.165, 1.54) is 0 Å². The second-order valence-electron chi connectivity index (χ2n) is 5.82. The molecular formula is C17H17N9O. The summed E-state index contributed by atoms with van der Waals surface area (Å²) >= 11 is 0. The fourth-order valence-corrected chi connectivity index (χ4v) is 2.76. The summed E-state index contributed by atoms with van der Waals surface area (Å²) in [5, 5.41) is 28.0. The zero-order valence-electron chi connectivity index (χ0n) is 14.3. The van der Waals surface area contributed by atoms with Crippen molar-refractivity contribution >= 4 is 22.5 Å². The number of hydrogen-bond donors (Lipinski definition) is 4. The molecule has 4 aromatic rings. The van der Waals surface area contributed by atoms with Gasteiger partial charge in [0.2, 0.25) is 0 Å². The predicted octanol–water partition coefficient (Wildman–Crippen LogP) is 2.48. The second kappa shape index (κ2) is 7.30. The van der Waals surface area contributed by atoms with Gasteiger partial charge in [0, 0.05) is 23.3 Å². The molecular weight excluding hydrogens is 346 g/mol. The van der Waals surface area contributed by atoms with Crippen molar-refractivity contribution in [2.75, 3.05) is 11.9 Å². The van der Waals surface area contributed by atoms with Crippen molar-refractivity contribution in [1.29, 1.82) is 5.53 Å². The molecule has 0 radical (unpaired) electrons. The Balaban J connectivity index is 1.60. The van der Waals surface area contributed by atoms with Crippen molar-refractivity contribution in [3.63, 3.8) is 0 Å². The minimum Gasteiger partial charge on any atom is -0.394 e. The van der Waals surface area contributed by atoms with Crippen LogP contribution in [0.4, 0.5) is 11.5 Å². The first-order valence-electron chi connectivity index (χ1n) is 8.32. The molecule has 0 aliphatic rings. The van der Waals surface area contributed by atoms with Gasteiger partial charge in [-0.15, -0.1) is 0 Å². The number of aromatic nitrogens is 6. The van der Waals surface area contributed by atoms with Crippen LogP contribution >= 0.6 is 0 Å². The number of fused-ring (bicyclic) bond motifs is 1. The number of H-pyrrole nitrogens is 1. The summed E-state index contributed by atoms with van der Waals surface area (Å²) in [5.74, 6) is 0.490. The lowest BCUT2D eigenvalue weighted by Crippen LogP contribution is -2.03. The second-order valence-corrected chi connectivity index (χ2v) is 5.82. The number of hydrogen-bond acceptors (Lipinski definition) is 8. The molecule has 0 bridgehead atoms. The SMILES string of the molecule is N=Nc1ccc(-c2cnn(CCO)c2)nc1NCc1[nH]nc2ncccc12. The molecule has 0 aliphatic carbocycles. The van der Waals surface area contributed by atoms with Gasteiger partial charge in [0.1, 0.15) is 5.69 Å².